The standard InChI is InChI=1S/C27H30N6O5/c1-16-6-7-24-30-31-25(33(16)24)21-4-3-5-23(28-21)29-26(34)20-12-18-14-32(10-8-17(18)13-22(20)36-2)27(35)38-19-9-11-37-15-19/h3-5,12-13,16,19H,6-11,14-15H2,1-2H3,(H,28,29,34)/t16-,19?/m0/s1. The minimum atomic E-state index is -0.358. The first-order valence-electron chi connectivity index (χ1n) is 13.0. The van der Waals surface area contributed by atoms with Crippen LogP contribution in [-0.2, 0) is 28.9 Å². The number of pyridine rings is 1. The molecular weight excluding hydrogens is 488 g/mol. The minimum absolute atomic E-state index is 0.202. The second-order valence-corrected chi connectivity index (χ2v) is 9.92. The Morgan fingerprint density at radius 1 is 1.13 bits per heavy atom. The molecule has 11 heteroatoms. The van der Waals surface area contributed by atoms with Crippen LogP contribution in [0.2, 0.25) is 0 Å². The second kappa shape index (κ2) is 10.1. The number of hydrogen-bond donors (Lipinski definition) is 1. The Morgan fingerprint density at radius 2 is 2.03 bits per heavy atom. The highest BCUT2D eigenvalue weighted by molar-refractivity contribution is 6.06. The summed E-state index contributed by atoms with van der Waals surface area (Å²) in [5.41, 5.74) is 2.95. The SMILES string of the molecule is COc1cc2c(cc1C(=O)Nc1cccc(-c3nnc4n3[C@@H](C)CC4)n1)CN(C(=O)OC1CCOC1)CC2. The van der Waals surface area contributed by atoms with Crippen molar-refractivity contribution in [2.24, 2.45) is 0 Å². The molecule has 3 aromatic rings. The quantitative estimate of drug-likeness (QED) is 0.546. The van der Waals surface area contributed by atoms with E-state index in [1.165, 1.54) is 0 Å². The summed E-state index contributed by atoms with van der Waals surface area (Å²) < 4.78 is 18.5. The van der Waals surface area contributed by atoms with Gasteiger partial charge in [-0.25, -0.2) is 9.78 Å². The zero-order valence-corrected chi connectivity index (χ0v) is 21.5. The number of rotatable bonds is 5. The van der Waals surface area contributed by atoms with Crippen LogP contribution < -0.4 is 10.1 Å². The number of benzene rings is 1. The van der Waals surface area contributed by atoms with Crippen molar-refractivity contribution in [1.29, 1.82) is 0 Å². The van der Waals surface area contributed by atoms with E-state index in [1.54, 1.807) is 24.1 Å². The number of aromatic nitrogens is 4. The average Bonchev–Trinajstić information content (AvgIpc) is 3.68. The lowest BCUT2D eigenvalue weighted by molar-refractivity contribution is 0.0516. The van der Waals surface area contributed by atoms with E-state index in [2.05, 4.69) is 32.0 Å². The summed E-state index contributed by atoms with van der Waals surface area (Å²) in [5, 5.41) is 11.5. The highest BCUT2D eigenvalue weighted by atomic mass is 16.6. The lowest BCUT2D eigenvalue weighted by atomic mass is 9.96. The summed E-state index contributed by atoms with van der Waals surface area (Å²) in [4.78, 5) is 32.4. The Kier molecular flexibility index (Phi) is 6.44. The van der Waals surface area contributed by atoms with Gasteiger partial charge >= 0.3 is 6.09 Å². The molecule has 198 valence electrons. The maximum absolute atomic E-state index is 13.4. The predicted molar refractivity (Wildman–Crippen MR) is 137 cm³/mol. The Morgan fingerprint density at radius 3 is 2.84 bits per heavy atom. The predicted octanol–water partition coefficient (Wildman–Crippen LogP) is 3.39. The summed E-state index contributed by atoms with van der Waals surface area (Å²) in [7, 11) is 1.54. The van der Waals surface area contributed by atoms with E-state index in [0.29, 0.717) is 73.8 Å². The van der Waals surface area contributed by atoms with Crippen molar-refractivity contribution in [3.8, 4) is 17.3 Å². The van der Waals surface area contributed by atoms with Crippen LogP contribution in [0.4, 0.5) is 10.6 Å². The summed E-state index contributed by atoms with van der Waals surface area (Å²) >= 11 is 0. The molecule has 3 aliphatic rings. The molecule has 0 saturated carbocycles. The lowest BCUT2D eigenvalue weighted by Gasteiger charge is -2.29. The molecule has 2 atom stereocenters. The van der Waals surface area contributed by atoms with Crippen LogP contribution in [-0.4, -0.2) is 69.6 Å². The van der Waals surface area contributed by atoms with E-state index in [1.807, 2.05) is 18.2 Å². The first kappa shape index (κ1) is 24.4. The molecule has 1 saturated heterocycles. The van der Waals surface area contributed by atoms with E-state index in [0.717, 1.165) is 29.8 Å². The lowest BCUT2D eigenvalue weighted by Crippen LogP contribution is -2.38. The number of methoxy groups -OCH3 is 1. The van der Waals surface area contributed by atoms with Crippen molar-refractivity contribution in [3.63, 3.8) is 0 Å². The monoisotopic (exact) mass is 518 g/mol. The zero-order chi connectivity index (χ0) is 26.2. The molecular formula is C27H30N6O5. The van der Waals surface area contributed by atoms with Crippen molar-refractivity contribution >= 4 is 17.8 Å². The number of carbonyl (C=O) groups excluding carboxylic acids is 2. The Hall–Kier alpha value is -3.99. The Balaban J connectivity index is 1.21. The van der Waals surface area contributed by atoms with Gasteiger partial charge in [0.25, 0.3) is 5.91 Å². The second-order valence-electron chi connectivity index (χ2n) is 9.92. The number of nitrogens with zero attached hydrogens (tertiary/aromatic N) is 5. The zero-order valence-electron chi connectivity index (χ0n) is 21.5. The third-order valence-corrected chi connectivity index (χ3v) is 7.40. The van der Waals surface area contributed by atoms with Gasteiger partial charge in [0.15, 0.2) is 5.82 Å². The first-order valence-corrected chi connectivity index (χ1v) is 13.0. The fraction of sp³-hybridized carbons (Fsp3) is 0.444. The molecule has 2 aromatic heterocycles. The van der Waals surface area contributed by atoms with Gasteiger partial charge in [-0.15, -0.1) is 10.2 Å². The highest BCUT2D eigenvalue weighted by Crippen LogP contribution is 2.31. The van der Waals surface area contributed by atoms with Crippen molar-refractivity contribution in [3.05, 3.63) is 52.8 Å². The van der Waals surface area contributed by atoms with Crippen molar-refractivity contribution in [2.75, 3.05) is 32.2 Å². The van der Waals surface area contributed by atoms with Gasteiger partial charge in [0.1, 0.15) is 29.2 Å². The van der Waals surface area contributed by atoms with Crippen LogP contribution in [0.5, 0.6) is 5.75 Å². The Bertz CT molecular complexity index is 1380. The molecule has 6 rings (SSSR count). The number of anilines is 1. The van der Waals surface area contributed by atoms with Gasteiger partial charge in [-0.1, -0.05) is 6.07 Å². The van der Waals surface area contributed by atoms with Crippen molar-refractivity contribution in [2.45, 2.75) is 51.3 Å². The van der Waals surface area contributed by atoms with Gasteiger partial charge in [-0.05, 0) is 55.2 Å². The van der Waals surface area contributed by atoms with Gasteiger partial charge in [-0.2, -0.15) is 0 Å². The molecule has 0 spiro atoms. The fourth-order valence-corrected chi connectivity index (χ4v) is 5.32. The van der Waals surface area contributed by atoms with Gasteiger partial charge in [0.05, 0.1) is 25.9 Å². The molecule has 1 N–H and O–H groups in total. The molecule has 0 bridgehead atoms. The summed E-state index contributed by atoms with van der Waals surface area (Å²) in [6.07, 6.45) is 2.72. The Labute approximate surface area is 220 Å². The number of fused-ring (bicyclic) bond motifs is 2. The number of ether oxygens (including phenoxy) is 3. The van der Waals surface area contributed by atoms with Gasteiger partial charge in [-0.3, -0.25) is 4.79 Å². The first-order chi connectivity index (χ1) is 18.5. The number of nitrogens with one attached hydrogen (secondary N) is 1. The molecule has 5 heterocycles. The van der Waals surface area contributed by atoms with E-state index in [9.17, 15) is 9.59 Å². The van der Waals surface area contributed by atoms with E-state index in [-0.39, 0.29) is 18.1 Å². The molecule has 2 amide bonds. The third kappa shape index (κ3) is 4.58. The van der Waals surface area contributed by atoms with Crippen LogP contribution in [0.15, 0.2) is 30.3 Å². The van der Waals surface area contributed by atoms with Crippen molar-refractivity contribution < 1.29 is 23.8 Å². The van der Waals surface area contributed by atoms with Crippen LogP contribution in [0.25, 0.3) is 11.5 Å². The number of hydrogen-bond acceptors (Lipinski definition) is 8. The normalized spacial score (nSPS) is 20.1. The molecule has 0 radical (unpaired) electrons. The maximum Gasteiger partial charge on any atom is 0.410 e. The van der Waals surface area contributed by atoms with E-state index in [4.69, 9.17) is 14.2 Å². The maximum atomic E-state index is 13.4. The molecule has 3 aliphatic heterocycles. The van der Waals surface area contributed by atoms with E-state index >= 15 is 0 Å². The van der Waals surface area contributed by atoms with Crippen LogP contribution >= 0.6 is 0 Å². The summed E-state index contributed by atoms with van der Waals surface area (Å²) in [6, 6.07) is 9.41. The molecule has 1 aromatic carbocycles. The smallest absolute Gasteiger partial charge is 0.410 e. The van der Waals surface area contributed by atoms with Gasteiger partial charge in [0.2, 0.25) is 0 Å². The molecule has 11 nitrogen and oxygen atoms in total. The fourth-order valence-electron chi connectivity index (χ4n) is 5.32. The van der Waals surface area contributed by atoms with Crippen LogP contribution in [0.1, 0.15) is 53.1 Å². The van der Waals surface area contributed by atoms with Crippen LogP contribution in [0.3, 0.4) is 0 Å². The highest BCUT2D eigenvalue weighted by Gasteiger charge is 2.29. The molecule has 38 heavy (non-hydrogen) atoms. The summed E-state index contributed by atoms with van der Waals surface area (Å²) in [6.45, 7) is 4.08. The topological polar surface area (TPSA) is 121 Å². The minimum Gasteiger partial charge on any atom is -0.496 e. The molecule has 1 fully saturated rings. The van der Waals surface area contributed by atoms with Crippen molar-refractivity contribution in [1.82, 2.24) is 24.6 Å². The van der Waals surface area contributed by atoms with Gasteiger partial charge in [0, 0.05) is 32.0 Å². The third-order valence-electron chi connectivity index (χ3n) is 7.40. The van der Waals surface area contributed by atoms with Crippen LogP contribution in [0, 0.1) is 0 Å². The van der Waals surface area contributed by atoms with E-state index < -0.39 is 0 Å². The number of carbonyl (C=O) groups is 2. The summed E-state index contributed by atoms with van der Waals surface area (Å²) in [5.74, 6) is 2.18. The average molecular weight is 519 g/mol. The number of amides is 2. The number of aryl methyl sites for hydroxylation is 1. The molecule has 0 aliphatic carbocycles. The largest absolute Gasteiger partial charge is 0.496 e. The molecule has 1 unspecified atom stereocenters. The van der Waals surface area contributed by atoms with Gasteiger partial charge < -0.3 is 29.0 Å².